The zero-order chi connectivity index (χ0) is 24.0. The van der Waals surface area contributed by atoms with Crippen molar-refractivity contribution in [3.8, 4) is 0 Å². The molecule has 0 bridgehead atoms. The summed E-state index contributed by atoms with van der Waals surface area (Å²) in [5, 5.41) is 0. The van der Waals surface area contributed by atoms with E-state index in [2.05, 4.69) is 18.7 Å². The quantitative estimate of drug-likeness (QED) is 0.391. The zero-order valence-electron chi connectivity index (χ0n) is 19.4. The fourth-order valence-electron chi connectivity index (χ4n) is 4.83. The number of thioether (sulfide) groups is 1. The lowest BCUT2D eigenvalue weighted by Crippen LogP contribution is -2.40. The van der Waals surface area contributed by atoms with Crippen LogP contribution in [0.5, 0.6) is 0 Å². The lowest BCUT2D eigenvalue weighted by atomic mass is 9.91. The van der Waals surface area contributed by atoms with Gasteiger partial charge in [-0.25, -0.2) is 4.98 Å². The van der Waals surface area contributed by atoms with Crippen LogP contribution >= 0.6 is 24.0 Å². The van der Waals surface area contributed by atoms with Crippen molar-refractivity contribution >= 4 is 51.7 Å². The Morgan fingerprint density at radius 2 is 1.97 bits per heavy atom. The van der Waals surface area contributed by atoms with E-state index in [-0.39, 0.29) is 18.0 Å². The molecule has 9 heteroatoms. The molecule has 0 saturated carbocycles. The summed E-state index contributed by atoms with van der Waals surface area (Å²) in [6.07, 6.45) is 6.11. The van der Waals surface area contributed by atoms with Gasteiger partial charge in [-0.05, 0) is 55.0 Å². The minimum absolute atomic E-state index is 0.189. The number of carbonyl (C=O) groups excluding carboxylic acids is 1. The average Bonchev–Trinajstić information content (AvgIpc) is 3.39. The smallest absolute Gasteiger partial charge is 0.267 e. The highest BCUT2D eigenvalue weighted by Crippen LogP contribution is 2.35. The highest BCUT2D eigenvalue weighted by atomic mass is 32.2. The van der Waals surface area contributed by atoms with Crippen molar-refractivity contribution in [1.82, 2.24) is 14.3 Å². The first kappa shape index (κ1) is 22.9. The van der Waals surface area contributed by atoms with Crippen molar-refractivity contribution in [2.75, 3.05) is 18.0 Å². The summed E-state index contributed by atoms with van der Waals surface area (Å²) in [7, 11) is 0. The van der Waals surface area contributed by atoms with Crippen LogP contribution in [0.2, 0.25) is 0 Å². The minimum atomic E-state index is -0.230. The van der Waals surface area contributed by atoms with E-state index in [0.717, 1.165) is 25.1 Å². The van der Waals surface area contributed by atoms with Crippen LogP contribution in [0, 0.1) is 18.8 Å². The summed E-state index contributed by atoms with van der Waals surface area (Å²) in [4.78, 5) is 36.0. The van der Waals surface area contributed by atoms with Gasteiger partial charge >= 0.3 is 0 Å². The summed E-state index contributed by atoms with van der Waals surface area (Å²) >= 11 is 6.68. The third-order valence-electron chi connectivity index (χ3n) is 6.28. The van der Waals surface area contributed by atoms with Crippen LogP contribution in [0.25, 0.3) is 11.7 Å². The molecule has 176 valence electrons. The summed E-state index contributed by atoms with van der Waals surface area (Å²) in [6, 6.07) is 7.37. The summed E-state index contributed by atoms with van der Waals surface area (Å²) in [5.74, 6) is 2.03. The van der Waals surface area contributed by atoms with Crippen molar-refractivity contribution in [2.45, 2.75) is 33.7 Å². The Bertz CT molecular complexity index is 1350. The van der Waals surface area contributed by atoms with Gasteiger partial charge in [0.2, 0.25) is 0 Å². The van der Waals surface area contributed by atoms with Gasteiger partial charge in [-0.3, -0.25) is 18.9 Å². The molecular weight excluding hydrogens is 468 g/mol. The van der Waals surface area contributed by atoms with Gasteiger partial charge in [0, 0.05) is 19.3 Å². The van der Waals surface area contributed by atoms with E-state index in [1.807, 2.05) is 19.1 Å². The first-order valence-electron chi connectivity index (χ1n) is 11.4. The van der Waals surface area contributed by atoms with Gasteiger partial charge in [0.25, 0.3) is 11.5 Å². The molecule has 0 N–H and O–H groups in total. The van der Waals surface area contributed by atoms with Crippen molar-refractivity contribution < 1.29 is 9.21 Å². The number of hydrogen-bond acceptors (Lipinski definition) is 7. The lowest BCUT2D eigenvalue weighted by Gasteiger charge is -2.36. The third kappa shape index (κ3) is 4.18. The standard InChI is InChI=1S/C25H26N4O3S2/c1-15-10-16(2)13-27(12-15)22-19(23(30)28-8-4-6-17(3)21(28)26-22)11-20-24(31)29(25(33)34-20)14-18-7-5-9-32-18/h4-9,11,15-16H,10,12-14H2,1-3H3/b20-11-/t15-,16+. The Kier molecular flexibility index (Phi) is 6.07. The fourth-order valence-corrected chi connectivity index (χ4v) is 6.07. The first-order valence-corrected chi connectivity index (χ1v) is 12.6. The highest BCUT2D eigenvalue weighted by molar-refractivity contribution is 8.26. The summed E-state index contributed by atoms with van der Waals surface area (Å²) in [6.45, 7) is 8.30. The van der Waals surface area contributed by atoms with Crippen LogP contribution in [0.3, 0.4) is 0 Å². The van der Waals surface area contributed by atoms with Gasteiger partial charge in [-0.15, -0.1) is 0 Å². The third-order valence-corrected chi connectivity index (χ3v) is 7.65. The molecule has 0 aromatic carbocycles. The number of rotatable bonds is 4. The number of amides is 1. The van der Waals surface area contributed by atoms with E-state index >= 15 is 0 Å². The van der Waals surface area contributed by atoms with Gasteiger partial charge in [0.1, 0.15) is 21.5 Å². The van der Waals surface area contributed by atoms with E-state index in [1.54, 1.807) is 35.1 Å². The molecule has 2 saturated heterocycles. The number of fused-ring (bicyclic) bond motifs is 1. The number of nitrogens with zero attached hydrogens (tertiary/aromatic N) is 4. The average molecular weight is 495 g/mol. The highest BCUT2D eigenvalue weighted by Gasteiger charge is 2.34. The van der Waals surface area contributed by atoms with Gasteiger partial charge < -0.3 is 9.32 Å². The largest absolute Gasteiger partial charge is 0.467 e. The lowest BCUT2D eigenvalue weighted by molar-refractivity contribution is -0.122. The van der Waals surface area contributed by atoms with E-state index in [1.165, 1.54) is 16.7 Å². The van der Waals surface area contributed by atoms with Crippen LogP contribution in [-0.4, -0.2) is 37.6 Å². The van der Waals surface area contributed by atoms with E-state index < -0.39 is 0 Å². The molecule has 7 nitrogen and oxygen atoms in total. The molecule has 2 atom stereocenters. The second-order valence-electron chi connectivity index (χ2n) is 9.24. The number of furan rings is 1. The number of aryl methyl sites for hydroxylation is 1. The maximum absolute atomic E-state index is 13.7. The van der Waals surface area contributed by atoms with Crippen LogP contribution in [0.4, 0.5) is 5.82 Å². The summed E-state index contributed by atoms with van der Waals surface area (Å²) in [5.41, 5.74) is 1.79. The zero-order valence-corrected chi connectivity index (χ0v) is 21.0. The molecule has 2 aliphatic heterocycles. The van der Waals surface area contributed by atoms with Crippen LogP contribution in [-0.2, 0) is 11.3 Å². The predicted molar refractivity (Wildman–Crippen MR) is 139 cm³/mol. The molecule has 0 radical (unpaired) electrons. The van der Waals surface area contributed by atoms with Gasteiger partial charge in [0.05, 0.1) is 23.3 Å². The molecule has 3 aromatic heterocycles. The number of aromatic nitrogens is 2. The maximum atomic E-state index is 13.7. The second kappa shape index (κ2) is 9.03. The summed E-state index contributed by atoms with van der Waals surface area (Å²) < 4.78 is 7.39. The van der Waals surface area contributed by atoms with Crippen LogP contribution in [0.1, 0.15) is 37.2 Å². The number of anilines is 1. The predicted octanol–water partition coefficient (Wildman–Crippen LogP) is 4.48. The number of carbonyl (C=O) groups is 1. The molecule has 34 heavy (non-hydrogen) atoms. The maximum Gasteiger partial charge on any atom is 0.267 e. The number of piperidine rings is 1. The molecule has 5 rings (SSSR count). The van der Waals surface area contributed by atoms with Crippen molar-refractivity contribution in [1.29, 1.82) is 0 Å². The SMILES string of the molecule is Cc1cccn2c(=O)c(/C=C3\SC(=S)N(Cc4ccco4)C3=O)c(N3C[C@H](C)C[C@H](C)C3)nc12. The fraction of sp³-hybridized carbons (Fsp3) is 0.360. The molecule has 2 fully saturated rings. The second-order valence-corrected chi connectivity index (χ2v) is 10.9. The molecule has 0 spiro atoms. The van der Waals surface area contributed by atoms with Gasteiger partial charge in [0.15, 0.2) is 0 Å². The van der Waals surface area contributed by atoms with Crippen molar-refractivity contribution in [2.24, 2.45) is 11.8 Å². The van der Waals surface area contributed by atoms with Gasteiger partial charge in [-0.2, -0.15) is 0 Å². The Labute approximate surface area is 207 Å². The molecule has 0 aliphatic carbocycles. The normalized spacial score (nSPS) is 22.4. The van der Waals surface area contributed by atoms with Crippen molar-refractivity contribution in [3.05, 3.63) is 68.9 Å². The molecule has 5 heterocycles. The molecular formula is C25H26N4O3S2. The Morgan fingerprint density at radius 3 is 2.68 bits per heavy atom. The first-order chi connectivity index (χ1) is 16.3. The van der Waals surface area contributed by atoms with Gasteiger partial charge in [-0.1, -0.05) is 43.9 Å². The molecule has 0 unspecified atom stereocenters. The number of pyridine rings is 1. The van der Waals surface area contributed by atoms with E-state index in [9.17, 15) is 9.59 Å². The Balaban J connectivity index is 1.61. The topological polar surface area (TPSA) is 71.1 Å². The molecule has 2 aliphatic rings. The number of thiocarbonyl (C=S) groups is 1. The number of hydrogen-bond donors (Lipinski definition) is 0. The van der Waals surface area contributed by atoms with E-state index in [0.29, 0.717) is 43.9 Å². The van der Waals surface area contributed by atoms with Crippen molar-refractivity contribution in [3.63, 3.8) is 0 Å². The van der Waals surface area contributed by atoms with Crippen LogP contribution < -0.4 is 10.5 Å². The molecule has 1 amide bonds. The van der Waals surface area contributed by atoms with Crippen LogP contribution in [0.15, 0.2) is 50.8 Å². The minimum Gasteiger partial charge on any atom is -0.467 e. The Morgan fingerprint density at radius 1 is 1.21 bits per heavy atom. The van der Waals surface area contributed by atoms with E-state index in [4.69, 9.17) is 21.6 Å². The molecule has 3 aromatic rings. The monoisotopic (exact) mass is 494 g/mol. The Hall–Kier alpha value is -2.91.